The first kappa shape index (κ1) is 12.6. The van der Waals surface area contributed by atoms with Crippen molar-refractivity contribution in [3.05, 3.63) is 20.3 Å². The van der Waals surface area contributed by atoms with Crippen LogP contribution in [0.15, 0.2) is 10.5 Å². The van der Waals surface area contributed by atoms with Crippen molar-refractivity contribution in [1.29, 1.82) is 0 Å². The first-order valence-corrected chi connectivity index (χ1v) is 7.82. The van der Waals surface area contributed by atoms with Crippen LogP contribution >= 0.6 is 27.3 Å². The fraction of sp³-hybridized carbons (Fsp3) is 0.692. The molecule has 1 aliphatic carbocycles. The highest BCUT2D eigenvalue weighted by Crippen LogP contribution is 2.26. The maximum absolute atomic E-state index is 3.60. The zero-order valence-corrected chi connectivity index (χ0v) is 12.3. The van der Waals surface area contributed by atoms with E-state index in [0.29, 0.717) is 0 Å². The van der Waals surface area contributed by atoms with E-state index in [1.54, 1.807) is 0 Å². The maximum atomic E-state index is 3.60. The van der Waals surface area contributed by atoms with E-state index >= 15 is 0 Å². The lowest BCUT2D eigenvalue weighted by Crippen LogP contribution is -2.23. The molecular formula is C13H20BrNS. The van der Waals surface area contributed by atoms with Gasteiger partial charge in [0, 0.05) is 20.8 Å². The molecule has 0 radical (unpaired) electrons. The summed E-state index contributed by atoms with van der Waals surface area (Å²) >= 11 is 5.46. The largest absolute Gasteiger partial charge is 0.312 e. The van der Waals surface area contributed by atoms with Gasteiger partial charge in [0.2, 0.25) is 0 Å². The van der Waals surface area contributed by atoms with Crippen LogP contribution in [0.5, 0.6) is 0 Å². The van der Waals surface area contributed by atoms with Crippen molar-refractivity contribution >= 4 is 27.3 Å². The van der Waals surface area contributed by atoms with Crippen LogP contribution in [0.2, 0.25) is 0 Å². The van der Waals surface area contributed by atoms with Gasteiger partial charge in [-0.3, -0.25) is 0 Å². The summed E-state index contributed by atoms with van der Waals surface area (Å²) in [5.74, 6) is 0.929. The van der Waals surface area contributed by atoms with Gasteiger partial charge in [-0.15, -0.1) is 11.3 Å². The molecule has 0 aliphatic heterocycles. The number of hydrogen-bond donors (Lipinski definition) is 1. The predicted octanol–water partition coefficient (Wildman–Crippen LogP) is 4.49. The summed E-state index contributed by atoms with van der Waals surface area (Å²) in [4.78, 5) is 2.83. The average molecular weight is 302 g/mol. The first-order chi connectivity index (χ1) is 7.75. The molecule has 0 bridgehead atoms. The van der Waals surface area contributed by atoms with E-state index in [1.807, 2.05) is 11.3 Å². The molecule has 1 heterocycles. The Kier molecular flexibility index (Phi) is 4.86. The standard InChI is InChI=1S/C13H20BrNS/c1-10-13(14)7-12(16-10)9-15-8-11-5-3-2-4-6-11/h7,11,15H,2-6,8-9H2,1H3. The number of nitrogens with one attached hydrogen (secondary N) is 1. The minimum Gasteiger partial charge on any atom is -0.312 e. The van der Waals surface area contributed by atoms with Gasteiger partial charge >= 0.3 is 0 Å². The Morgan fingerprint density at radius 1 is 1.38 bits per heavy atom. The lowest BCUT2D eigenvalue weighted by Gasteiger charge is -2.21. The number of hydrogen-bond acceptors (Lipinski definition) is 2. The second-order valence-electron chi connectivity index (χ2n) is 4.75. The minimum atomic E-state index is 0.929. The Labute approximate surface area is 111 Å². The number of aryl methyl sites for hydroxylation is 1. The molecule has 0 spiro atoms. The van der Waals surface area contributed by atoms with Gasteiger partial charge in [-0.25, -0.2) is 0 Å². The molecule has 90 valence electrons. The topological polar surface area (TPSA) is 12.0 Å². The van der Waals surface area contributed by atoms with E-state index in [-0.39, 0.29) is 0 Å². The summed E-state index contributed by atoms with van der Waals surface area (Å²) < 4.78 is 1.26. The van der Waals surface area contributed by atoms with Crippen LogP contribution in [0, 0.1) is 12.8 Å². The molecule has 2 rings (SSSR count). The molecule has 1 aromatic heterocycles. The number of rotatable bonds is 4. The average Bonchev–Trinajstić information content (AvgIpc) is 2.60. The molecule has 16 heavy (non-hydrogen) atoms. The molecule has 1 nitrogen and oxygen atoms in total. The van der Waals surface area contributed by atoms with E-state index < -0.39 is 0 Å². The summed E-state index contributed by atoms with van der Waals surface area (Å²) in [6.45, 7) is 4.40. The lowest BCUT2D eigenvalue weighted by molar-refractivity contribution is 0.342. The van der Waals surface area contributed by atoms with Gasteiger partial charge in [-0.2, -0.15) is 0 Å². The highest BCUT2D eigenvalue weighted by Gasteiger charge is 2.12. The van der Waals surface area contributed by atoms with Crippen molar-refractivity contribution < 1.29 is 0 Å². The van der Waals surface area contributed by atoms with E-state index in [4.69, 9.17) is 0 Å². The molecule has 0 aromatic carbocycles. The Morgan fingerprint density at radius 2 is 2.12 bits per heavy atom. The first-order valence-electron chi connectivity index (χ1n) is 6.21. The van der Waals surface area contributed by atoms with Gasteiger partial charge in [0.15, 0.2) is 0 Å². The van der Waals surface area contributed by atoms with E-state index in [0.717, 1.165) is 12.5 Å². The molecule has 1 aliphatic rings. The Bertz CT molecular complexity index is 309. The Balaban J connectivity index is 1.71. The normalized spacial score (nSPS) is 17.9. The fourth-order valence-electron chi connectivity index (χ4n) is 2.40. The van der Waals surface area contributed by atoms with Crippen molar-refractivity contribution in [2.24, 2.45) is 5.92 Å². The summed E-state index contributed by atoms with van der Waals surface area (Å²) in [6.07, 6.45) is 7.19. The Morgan fingerprint density at radius 3 is 2.75 bits per heavy atom. The zero-order chi connectivity index (χ0) is 11.4. The van der Waals surface area contributed by atoms with Crippen LogP contribution in [-0.4, -0.2) is 6.54 Å². The molecule has 0 atom stereocenters. The SMILES string of the molecule is Cc1sc(CNCC2CCCCC2)cc1Br. The quantitative estimate of drug-likeness (QED) is 0.864. The van der Waals surface area contributed by atoms with Crippen molar-refractivity contribution in [2.45, 2.75) is 45.6 Å². The third kappa shape index (κ3) is 3.57. The lowest BCUT2D eigenvalue weighted by atomic mass is 9.89. The highest BCUT2D eigenvalue weighted by atomic mass is 79.9. The third-order valence-electron chi connectivity index (χ3n) is 3.37. The van der Waals surface area contributed by atoms with Crippen molar-refractivity contribution in [2.75, 3.05) is 6.54 Å². The monoisotopic (exact) mass is 301 g/mol. The molecule has 1 N–H and O–H groups in total. The van der Waals surface area contributed by atoms with Crippen molar-refractivity contribution in [3.8, 4) is 0 Å². The summed E-state index contributed by atoms with van der Waals surface area (Å²) in [6, 6.07) is 2.24. The van der Waals surface area contributed by atoms with E-state index in [9.17, 15) is 0 Å². The van der Waals surface area contributed by atoms with E-state index in [2.05, 4.69) is 34.2 Å². The van der Waals surface area contributed by atoms with Crippen LogP contribution in [-0.2, 0) is 6.54 Å². The van der Waals surface area contributed by atoms with Crippen LogP contribution in [0.25, 0.3) is 0 Å². The van der Waals surface area contributed by atoms with Crippen LogP contribution in [0.3, 0.4) is 0 Å². The van der Waals surface area contributed by atoms with Gasteiger partial charge in [0.1, 0.15) is 0 Å². The van der Waals surface area contributed by atoms with E-state index in [1.165, 1.54) is 52.9 Å². The van der Waals surface area contributed by atoms with Gasteiger partial charge in [-0.05, 0) is 54.2 Å². The maximum Gasteiger partial charge on any atom is 0.0314 e. The molecule has 1 fully saturated rings. The molecular weight excluding hydrogens is 282 g/mol. The van der Waals surface area contributed by atoms with Crippen molar-refractivity contribution in [3.63, 3.8) is 0 Å². The van der Waals surface area contributed by atoms with Crippen molar-refractivity contribution in [1.82, 2.24) is 5.32 Å². The van der Waals surface area contributed by atoms with Crippen LogP contribution < -0.4 is 5.32 Å². The summed E-state index contributed by atoms with van der Waals surface area (Å²) in [5, 5.41) is 3.60. The molecule has 1 aromatic rings. The third-order valence-corrected chi connectivity index (χ3v) is 5.50. The summed E-state index contributed by atoms with van der Waals surface area (Å²) in [5.41, 5.74) is 0. The van der Waals surface area contributed by atoms with Gasteiger partial charge in [0.05, 0.1) is 0 Å². The smallest absolute Gasteiger partial charge is 0.0314 e. The fourth-order valence-corrected chi connectivity index (χ4v) is 3.97. The molecule has 0 amide bonds. The highest BCUT2D eigenvalue weighted by molar-refractivity contribution is 9.10. The number of halogens is 1. The zero-order valence-electron chi connectivity index (χ0n) is 9.89. The second-order valence-corrected chi connectivity index (χ2v) is 6.95. The van der Waals surface area contributed by atoms with Gasteiger partial charge in [-0.1, -0.05) is 19.3 Å². The van der Waals surface area contributed by atoms with Gasteiger partial charge < -0.3 is 5.32 Å². The molecule has 0 unspecified atom stereocenters. The summed E-state index contributed by atoms with van der Waals surface area (Å²) in [7, 11) is 0. The molecule has 3 heteroatoms. The van der Waals surface area contributed by atoms with Crippen LogP contribution in [0.4, 0.5) is 0 Å². The predicted molar refractivity (Wildman–Crippen MR) is 75.0 cm³/mol. The Hall–Kier alpha value is 0.140. The number of thiophene rings is 1. The molecule has 0 saturated heterocycles. The van der Waals surface area contributed by atoms with Crippen LogP contribution in [0.1, 0.15) is 41.9 Å². The second kappa shape index (κ2) is 6.18. The van der Waals surface area contributed by atoms with Gasteiger partial charge in [0.25, 0.3) is 0 Å². The molecule has 1 saturated carbocycles. The minimum absolute atomic E-state index is 0.929.